The molecule has 2 aromatic rings. The summed E-state index contributed by atoms with van der Waals surface area (Å²) < 4.78 is 1.55. The number of nitro groups is 1. The number of nitrogens with one attached hydrogen (secondary N) is 2. The van der Waals surface area contributed by atoms with Gasteiger partial charge in [0.2, 0.25) is 0 Å². The SMILES string of the molecule is CCCCNC(=NCc1ccc(C)cc1)NCCn1cc([N+](=O)[O-])cn1. The first-order valence-corrected chi connectivity index (χ1v) is 8.83. The molecule has 0 atom stereocenters. The summed E-state index contributed by atoms with van der Waals surface area (Å²) in [5.41, 5.74) is 2.37. The van der Waals surface area contributed by atoms with Crippen molar-refractivity contribution in [3.05, 3.63) is 57.9 Å². The van der Waals surface area contributed by atoms with Crippen LogP contribution in [0.15, 0.2) is 41.7 Å². The molecule has 2 rings (SSSR count). The van der Waals surface area contributed by atoms with Crippen LogP contribution in [-0.4, -0.2) is 33.8 Å². The third-order valence-corrected chi connectivity index (χ3v) is 3.83. The zero-order valence-electron chi connectivity index (χ0n) is 15.3. The molecule has 0 aliphatic carbocycles. The number of hydrogen-bond donors (Lipinski definition) is 2. The lowest BCUT2D eigenvalue weighted by molar-refractivity contribution is -0.385. The quantitative estimate of drug-likeness (QED) is 0.236. The van der Waals surface area contributed by atoms with Crippen molar-refractivity contribution in [3.8, 4) is 0 Å². The third-order valence-electron chi connectivity index (χ3n) is 3.83. The van der Waals surface area contributed by atoms with Crippen LogP contribution in [0.3, 0.4) is 0 Å². The molecule has 0 aliphatic rings. The van der Waals surface area contributed by atoms with Crippen LogP contribution in [0.5, 0.6) is 0 Å². The van der Waals surface area contributed by atoms with Gasteiger partial charge in [0.15, 0.2) is 5.96 Å². The number of guanidine groups is 1. The molecule has 1 aromatic heterocycles. The summed E-state index contributed by atoms with van der Waals surface area (Å²) in [6.07, 6.45) is 4.85. The highest BCUT2D eigenvalue weighted by molar-refractivity contribution is 5.79. The van der Waals surface area contributed by atoms with Gasteiger partial charge < -0.3 is 10.6 Å². The molecule has 0 aliphatic heterocycles. The van der Waals surface area contributed by atoms with E-state index in [1.54, 1.807) is 4.68 Å². The maximum Gasteiger partial charge on any atom is 0.306 e. The molecule has 1 heterocycles. The van der Waals surface area contributed by atoms with Crippen molar-refractivity contribution in [3.63, 3.8) is 0 Å². The second kappa shape index (κ2) is 10.2. The molecular formula is C18H26N6O2. The first-order chi connectivity index (χ1) is 12.6. The number of benzene rings is 1. The van der Waals surface area contributed by atoms with Crippen molar-refractivity contribution in [2.45, 2.75) is 39.8 Å². The molecule has 1 aromatic carbocycles. The van der Waals surface area contributed by atoms with Crippen LogP contribution in [-0.2, 0) is 13.1 Å². The van der Waals surface area contributed by atoms with E-state index in [1.165, 1.54) is 18.0 Å². The van der Waals surface area contributed by atoms with Crippen LogP contribution < -0.4 is 10.6 Å². The van der Waals surface area contributed by atoms with E-state index in [0.29, 0.717) is 19.6 Å². The number of aryl methyl sites for hydroxylation is 1. The van der Waals surface area contributed by atoms with Gasteiger partial charge in [-0.2, -0.15) is 5.10 Å². The van der Waals surface area contributed by atoms with Crippen LogP contribution in [0.2, 0.25) is 0 Å². The van der Waals surface area contributed by atoms with Crippen molar-refractivity contribution in [2.24, 2.45) is 4.99 Å². The molecule has 0 saturated heterocycles. The van der Waals surface area contributed by atoms with E-state index in [0.717, 1.165) is 30.9 Å². The largest absolute Gasteiger partial charge is 0.356 e. The molecule has 8 nitrogen and oxygen atoms in total. The normalized spacial score (nSPS) is 11.4. The monoisotopic (exact) mass is 358 g/mol. The molecule has 0 spiro atoms. The second-order valence-electron chi connectivity index (χ2n) is 6.08. The lowest BCUT2D eigenvalue weighted by Crippen LogP contribution is -2.39. The number of unbranched alkanes of at least 4 members (excludes halogenated alkanes) is 1. The van der Waals surface area contributed by atoms with Gasteiger partial charge in [-0.1, -0.05) is 43.2 Å². The Bertz CT molecular complexity index is 724. The minimum Gasteiger partial charge on any atom is -0.356 e. The van der Waals surface area contributed by atoms with Crippen molar-refractivity contribution in [1.82, 2.24) is 20.4 Å². The molecule has 0 bridgehead atoms. The fourth-order valence-electron chi connectivity index (χ4n) is 2.28. The highest BCUT2D eigenvalue weighted by atomic mass is 16.6. The zero-order valence-corrected chi connectivity index (χ0v) is 15.3. The summed E-state index contributed by atoms with van der Waals surface area (Å²) in [6, 6.07) is 8.30. The molecule has 8 heteroatoms. The predicted molar refractivity (Wildman–Crippen MR) is 102 cm³/mol. The van der Waals surface area contributed by atoms with Gasteiger partial charge in [0, 0.05) is 13.1 Å². The summed E-state index contributed by atoms with van der Waals surface area (Å²) in [4.78, 5) is 14.9. The van der Waals surface area contributed by atoms with Crippen LogP contribution in [0.25, 0.3) is 0 Å². The van der Waals surface area contributed by atoms with Crippen LogP contribution in [0.1, 0.15) is 30.9 Å². The molecule has 0 saturated carbocycles. The van der Waals surface area contributed by atoms with E-state index in [4.69, 9.17) is 0 Å². The summed E-state index contributed by atoms with van der Waals surface area (Å²) in [5.74, 6) is 0.737. The van der Waals surface area contributed by atoms with Crippen molar-refractivity contribution in [2.75, 3.05) is 13.1 Å². The molecule has 0 fully saturated rings. The average Bonchev–Trinajstić information content (AvgIpc) is 3.10. The van der Waals surface area contributed by atoms with E-state index >= 15 is 0 Å². The van der Waals surface area contributed by atoms with E-state index in [2.05, 4.69) is 58.8 Å². The Morgan fingerprint density at radius 1 is 1.27 bits per heavy atom. The van der Waals surface area contributed by atoms with Gasteiger partial charge in [-0.25, -0.2) is 4.99 Å². The highest BCUT2D eigenvalue weighted by Crippen LogP contribution is 2.07. The molecule has 2 N–H and O–H groups in total. The molecule has 0 radical (unpaired) electrons. The fourth-order valence-corrected chi connectivity index (χ4v) is 2.28. The number of hydrogen-bond acceptors (Lipinski definition) is 4. The topological polar surface area (TPSA) is 97.4 Å². The van der Waals surface area contributed by atoms with Crippen molar-refractivity contribution >= 4 is 11.6 Å². The maximum atomic E-state index is 10.7. The minimum absolute atomic E-state index is 0.000618. The van der Waals surface area contributed by atoms with E-state index in [-0.39, 0.29) is 5.69 Å². The number of nitrogens with zero attached hydrogens (tertiary/aromatic N) is 4. The number of rotatable bonds is 9. The number of aromatic nitrogens is 2. The smallest absolute Gasteiger partial charge is 0.306 e. The van der Waals surface area contributed by atoms with Crippen LogP contribution in [0, 0.1) is 17.0 Å². The minimum atomic E-state index is -0.447. The van der Waals surface area contributed by atoms with Crippen LogP contribution in [0.4, 0.5) is 5.69 Å². The predicted octanol–water partition coefficient (Wildman–Crippen LogP) is 2.64. The van der Waals surface area contributed by atoms with Crippen molar-refractivity contribution in [1.29, 1.82) is 0 Å². The third kappa shape index (κ3) is 6.54. The summed E-state index contributed by atoms with van der Waals surface area (Å²) >= 11 is 0. The van der Waals surface area contributed by atoms with Gasteiger partial charge in [-0.3, -0.25) is 14.8 Å². The summed E-state index contributed by atoms with van der Waals surface area (Å²) in [5, 5.41) is 21.2. The van der Waals surface area contributed by atoms with E-state index in [1.807, 2.05) is 0 Å². The lowest BCUT2D eigenvalue weighted by Gasteiger charge is -2.12. The van der Waals surface area contributed by atoms with Gasteiger partial charge in [0.1, 0.15) is 12.4 Å². The Labute approximate surface area is 153 Å². The molecule has 26 heavy (non-hydrogen) atoms. The van der Waals surface area contributed by atoms with Gasteiger partial charge in [0.05, 0.1) is 18.0 Å². The second-order valence-corrected chi connectivity index (χ2v) is 6.08. The van der Waals surface area contributed by atoms with Crippen LogP contribution >= 0.6 is 0 Å². The Hall–Kier alpha value is -2.90. The summed E-state index contributed by atoms with van der Waals surface area (Å²) in [7, 11) is 0. The maximum absolute atomic E-state index is 10.7. The Balaban J connectivity index is 1.89. The highest BCUT2D eigenvalue weighted by Gasteiger charge is 2.08. The molecule has 0 amide bonds. The fraction of sp³-hybridized carbons (Fsp3) is 0.444. The van der Waals surface area contributed by atoms with E-state index in [9.17, 15) is 10.1 Å². The zero-order chi connectivity index (χ0) is 18.8. The lowest BCUT2D eigenvalue weighted by atomic mass is 10.1. The van der Waals surface area contributed by atoms with Gasteiger partial charge >= 0.3 is 5.69 Å². The Morgan fingerprint density at radius 2 is 2.00 bits per heavy atom. The average molecular weight is 358 g/mol. The van der Waals surface area contributed by atoms with Gasteiger partial charge in [-0.15, -0.1) is 0 Å². The van der Waals surface area contributed by atoms with E-state index < -0.39 is 4.92 Å². The molecule has 140 valence electrons. The Morgan fingerprint density at radius 3 is 2.65 bits per heavy atom. The first-order valence-electron chi connectivity index (χ1n) is 8.83. The molecule has 0 unspecified atom stereocenters. The van der Waals surface area contributed by atoms with Crippen molar-refractivity contribution < 1.29 is 4.92 Å². The number of aliphatic imine (C=N–C) groups is 1. The summed E-state index contributed by atoms with van der Waals surface area (Å²) in [6.45, 7) is 6.74. The first kappa shape index (κ1) is 19.4. The van der Waals surface area contributed by atoms with Gasteiger partial charge in [0.25, 0.3) is 0 Å². The van der Waals surface area contributed by atoms with Gasteiger partial charge in [-0.05, 0) is 18.9 Å². The Kier molecular flexibility index (Phi) is 7.60. The standard InChI is InChI=1S/C18H26N6O2/c1-3-4-9-19-18(21-12-16-7-5-15(2)6-8-16)20-10-11-23-14-17(13-22-23)24(25)26/h5-8,13-14H,3-4,9-12H2,1-2H3,(H2,19,20,21). The molecular weight excluding hydrogens is 332 g/mol.